The number of hydrogen-bond acceptors (Lipinski definition) is 6. The summed E-state index contributed by atoms with van der Waals surface area (Å²) >= 11 is 0. The molecule has 196 valence electrons. The Morgan fingerprint density at radius 1 is 1.09 bits per heavy atom. The molecule has 0 aromatic carbocycles. The van der Waals surface area contributed by atoms with Gasteiger partial charge in [0.15, 0.2) is 0 Å². The average molecular weight is 483 g/mol. The second kappa shape index (κ2) is 12.6. The van der Waals surface area contributed by atoms with Crippen LogP contribution < -0.4 is 5.32 Å². The van der Waals surface area contributed by atoms with Crippen molar-refractivity contribution in [2.45, 2.75) is 111 Å². The topological polar surface area (TPSA) is 94.2 Å². The SMILES string of the molecule is CC=C[C@H]1C[C@H](C(=O)OC(C)(C)C)N(C(=O)OC(C)(C)C)[C@@H]1CC(CC)C(COC)NC(C)=O. The Bertz CT molecular complexity index is 722. The third kappa shape index (κ3) is 9.28. The van der Waals surface area contributed by atoms with Crippen LogP contribution in [0.25, 0.3) is 0 Å². The highest BCUT2D eigenvalue weighted by molar-refractivity contribution is 5.83. The average Bonchev–Trinajstić information content (AvgIpc) is 3.01. The molecule has 1 fully saturated rings. The van der Waals surface area contributed by atoms with E-state index in [2.05, 4.69) is 12.2 Å². The van der Waals surface area contributed by atoms with Gasteiger partial charge in [0.2, 0.25) is 5.91 Å². The summed E-state index contributed by atoms with van der Waals surface area (Å²) in [6.45, 7) is 16.7. The number of nitrogens with one attached hydrogen (secondary N) is 1. The Balaban J connectivity index is 3.41. The van der Waals surface area contributed by atoms with Crippen LogP contribution in [0.1, 0.15) is 81.6 Å². The number of carbonyl (C=O) groups is 3. The first kappa shape index (κ1) is 29.9. The number of nitrogens with zero attached hydrogens (tertiary/aromatic N) is 1. The fraction of sp³-hybridized carbons (Fsp3) is 0.808. The fourth-order valence-corrected chi connectivity index (χ4v) is 4.53. The van der Waals surface area contributed by atoms with Gasteiger partial charge in [0.05, 0.1) is 12.6 Å². The van der Waals surface area contributed by atoms with Crippen molar-refractivity contribution in [2.75, 3.05) is 13.7 Å². The Kier molecular flexibility index (Phi) is 11.1. The van der Waals surface area contributed by atoms with E-state index in [1.54, 1.807) is 12.0 Å². The summed E-state index contributed by atoms with van der Waals surface area (Å²) in [5, 5.41) is 2.99. The van der Waals surface area contributed by atoms with Gasteiger partial charge in [-0.3, -0.25) is 9.69 Å². The first-order chi connectivity index (χ1) is 15.6. The molecule has 1 aliphatic heterocycles. The van der Waals surface area contributed by atoms with Gasteiger partial charge in [-0.25, -0.2) is 9.59 Å². The van der Waals surface area contributed by atoms with Crippen molar-refractivity contribution >= 4 is 18.0 Å². The van der Waals surface area contributed by atoms with Gasteiger partial charge in [0.25, 0.3) is 0 Å². The van der Waals surface area contributed by atoms with E-state index in [0.717, 1.165) is 6.42 Å². The Morgan fingerprint density at radius 2 is 1.68 bits per heavy atom. The number of rotatable bonds is 9. The molecule has 2 amide bonds. The summed E-state index contributed by atoms with van der Waals surface area (Å²) in [6, 6.07) is -1.25. The van der Waals surface area contributed by atoms with Crippen LogP contribution in [0.2, 0.25) is 0 Å². The quantitative estimate of drug-likeness (QED) is 0.385. The molecule has 0 bridgehead atoms. The van der Waals surface area contributed by atoms with E-state index in [4.69, 9.17) is 14.2 Å². The maximum atomic E-state index is 13.4. The highest BCUT2D eigenvalue weighted by atomic mass is 16.6. The van der Waals surface area contributed by atoms with Crippen LogP contribution in [0.3, 0.4) is 0 Å². The van der Waals surface area contributed by atoms with Gasteiger partial charge >= 0.3 is 12.1 Å². The first-order valence-electron chi connectivity index (χ1n) is 12.3. The van der Waals surface area contributed by atoms with Gasteiger partial charge in [-0.05, 0) is 73.1 Å². The number of carbonyl (C=O) groups excluding carboxylic acids is 3. The van der Waals surface area contributed by atoms with Gasteiger partial charge < -0.3 is 19.5 Å². The number of methoxy groups -OCH3 is 1. The normalized spacial score (nSPS) is 23.0. The van der Waals surface area contributed by atoms with E-state index in [9.17, 15) is 14.4 Å². The molecule has 34 heavy (non-hydrogen) atoms. The third-order valence-electron chi connectivity index (χ3n) is 5.78. The summed E-state index contributed by atoms with van der Waals surface area (Å²) in [4.78, 5) is 40.0. The lowest BCUT2D eigenvalue weighted by molar-refractivity contribution is -0.160. The van der Waals surface area contributed by atoms with E-state index in [-0.39, 0.29) is 29.8 Å². The highest BCUT2D eigenvalue weighted by Crippen LogP contribution is 2.38. The molecule has 0 spiro atoms. The fourth-order valence-electron chi connectivity index (χ4n) is 4.53. The maximum absolute atomic E-state index is 13.4. The number of esters is 1. The lowest BCUT2D eigenvalue weighted by Gasteiger charge is -2.36. The molecule has 0 saturated carbocycles. The third-order valence-corrected chi connectivity index (χ3v) is 5.78. The molecule has 1 N–H and O–H groups in total. The van der Waals surface area contributed by atoms with Gasteiger partial charge in [-0.15, -0.1) is 0 Å². The van der Waals surface area contributed by atoms with Crippen molar-refractivity contribution in [1.82, 2.24) is 10.2 Å². The Hall–Kier alpha value is -2.09. The first-order valence-corrected chi connectivity index (χ1v) is 12.3. The molecular weight excluding hydrogens is 436 g/mol. The summed E-state index contributed by atoms with van der Waals surface area (Å²) in [5.41, 5.74) is -1.39. The standard InChI is InChI=1S/C26H46N2O6/c1-11-13-19-15-22(23(30)33-25(4,5)6)28(24(31)34-26(7,8)9)21(19)14-18(12-2)20(16-32-10)27-17(3)29/h11,13,18-22H,12,14-16H2,1-10H3,(H,27,29)/t18?,19-,20?,21+,22+/m0/s1. The van der Waals surface area contributed by atoms with E-state index < -0.39 is 29.3 Å². The molecule has 0 aromatic heterocycles. The predicted molar refractivity (Wildman–Crippen MR) is 132 cm³/mol. The molecule has 0 aromatic rings. The van der Waals surface area contributed by atoms with Crippen molar-refractivity contribution in [3.63, 3.8) is 0 Å². The number of likely N-dealkylation sites (tertiary alicyclic amines) is 1. The smallest absolute Gasteiger partial charge is 0.411 e. The minimum atomic E-state index is -0.751. The Morgan fingerprint density at radius 3 is 2.12 bits per heavy atom. The van der Waals surface area contributed by atoms with Gasteiger partial charge in [0.1, 0.15) is 17.2 Å². The second-order valence-corrected chi connectivity index (χ2v) is 11.1. The van der Waals surface area contributed by atoms with E-state index >= 15 is 0 Å². The molecule has 2 unspecified atom stereocenters. The molecule has 5 atom stereocenters. The second-order valence-electron chi connectivity index (χ2n) is 11.1. The molecular formula is C26H46N2O6. The van der Waals surface area contributed by atoms with Gasteiger partial charge in [-0.1, -0.05) is 25.5 Å². The highest BCUT2D eigenvalue weighted by Gasteiger charge is 2.49. The molecule has 0 aliphatic carbocycles. The lowest BCUT2D eigenvalue weighted by atomic mass is 9.85. The Labute approximate surface area is 205 Å². The van der Waals surface area contributed by atoms with Crippen LogP contribution in [0, 0.1) is 11.8 Å². The number of hydrogen-bond donors (Lipinski definition) is 1. The van der Waals surface area contributed by atoms with Crippen molar-refractivity contribution in [3.05, 3.63) is 12.2 Å². The van der Waals surface area contributed by atoms with Gasteiger partial charge in [-0.2, -0.15) is 0 Å². The largest absolute Gasteiger partial charge is 0.458 e. The number of allylic oxidation sites excluding steroid dienone is 1. The minimum absolute atomic E-state index is 0.0314. The molecule has 0 radical (unpaired) electrons. The zero-order valence-corrected chi connectivity index (χ0v) is 22.8. The summed E-state index contributed by atoms with van der Waals surface area (Å²) in [7, 11) is 1.60. The molecule has 8 heteroatoms. The summed E-state index contributed by atoms with van der Waals surface area (Å²) < 4.78 is 16.8. The monoisotopic (exact) mass is 482 g/mol. The van der Waals surface area contributed by atoms with E-state index in [0.29, 0.717) is 19.4 Å². The zero-order valence-electron chi connectivity index (χ0n) is 22.8. The van der Waals surface area contributed by atoms with Crippen LogP contribution in [0.4, 0.5) is 4.79 Å². The van der Waals surface area contributed by atoms with Crippen molar-refractivity contribution in [1.29, 1.82) is 0 Å². The predicted octanol–water partition coefficient (Wildman–Crippen LogP) is 4.47. The summed E-state index contributed by atoms with van der Waals surface area (Å²) in [5.74, 6) is -0.584. The zero-order chi connectivity index (χ0) is 26.3. The van der Waals surface area contributed by atoms with E-state index in [1.165, 1.54) is 6.92 Å². The van der Waals surface area contributed by atoms with Crippen molar-refractivity contribution in [2.24, 2.45) is 11.8 Å². The minimum Gasteiger partial charge on any atom is -0.458 e. The summed E-state index contributed by atoms with van der Waals surface area (Å²) in [6.07, 6.45) is 5.27. The number of amides is 2. The van der Waals surface area contributed by atoms with E-state index in [1.807, 2.05) is 60.6 Å². The van der Waals surface area contributed by atoms with Crippen LogP contribution in [-0.4, -0.2) is 65.9 Å². The van der Waals surface area contributed by atoms with Crippen LogP contribution in [0.15, 0.2) is 12.2 Å². The molecule has 8 nitrogen and oxygen atoms in total. The van der Waals surface area contributed by atoms with Crippen LogP contribution >= 0.6 is 0 Å². The van der Waals surface area contributed by atoms with Crippen LogP contribution in [-0.2, 0) is 23.8 Å². The van der Waals surface area contributed by atoms with Crippen LogP contribution in [0.5, 0.6) is 0 Å². The molecule has 1 aliphatic rings. The molecule has 1 rings (SSSR count). The molecule has 1 heterocycles. The van der Waals surface area contributed by atoms with Crippen molar-refractivity contribution in [3.8, 4) is 0 Å². The number of ether oxygens (including phenoxy) is 3. The maximum Gasteiger partial charge on any atom is 0.411 e. The molecule has 1 saturated heterocycles. The lowest BCUT2D eigenvalue weighted by Crippen LogP contribution is -2.51. The van der Waals surface area contributed by atoms with Crippen molar-refractivity contribution < 1.29 is 28.6 Å². The van der Waals surface area contributed by atoms with Gasteiger partial charge in [0, 0.05) is 20.1 Å².